The summed E-state index contributed by atoms with van der Waals surface area (Å²) in [6.07, 6.45) is 0. The average molecular weight is 303 g/mol. The van der Waals surface area contributed by atoms with E-state index in [1.165, 1.54) is 12.1 Å². The van der Waals surface area contributed by atoms with Gasteiger partial charge in [0, 0.05) is 15.7 Å². The highest BCUT2D eigenvalue weighted by Crippen LogP contribution is 2.17. The van der Waals surface area contributed by atoms with Crippen molar-refractivity contribution in [3.63, 3.8) is 0 Å². The third-order valence-corrected chi connectivity index (χ3v) is 2.43. The summed E-state index contributed by atoms with van der Waals surface area (Å²) in [7, 11) is 0. The van der Waals surface area contributed by atoms with Crippen LogP contribution in [0.4, 0.5) is 5.69 Å². The molecule has 1 aromatic rings. The van der Waals surface area contributed by atoms with Gasteiger partial charge in [-0.25, -0.2) is 4.79 Å². The fraction of sp³-hybridized carbons (Fsp3) is 0.200. The van der Waals surface area contributed by atoms with Crippen LogP contribution in [0.2, 0.25) is 0 Å². The Bertz CT molecular complexity index is 430. The zero-order valence-corrected chi connectivity index (χ0v) is 10.3. The predicted octanol–water partition coefficient (Wildman–Crippen LogP) is 0.207. The SMILES string of the molecule is Nc1cc(Br)cc(C(=O)N[C@H](CO)C(=O)O)c1. The van der Waals surface area contributed by atoms with E-state index in [2.05, 4.69) is 21.2 Å². The van der Waals surface area contributed by atoms with Crippen LogP contribution in [-0.2, 0) is 4.79 Å². The largest absolute Gasteiger partial charge is 0.480 e. The Morgan fingerprint density at radius 1 is 1.41 bits per heavy atom. The van der Waals surface area contributed by atoms with Crippen molar-refractivity contribution in [1.82, 2.24) is 5.32 Å². The van der Waals surface area contributed by atoms with Gasteiger partial charge in [-0.15, -0.1) is 0 Å². The highest BCUT2D eigenvalue weighted by Gasteiger charge is 2.19. The Hall–Kier alpha value is -1.60. The molecule has 0 aliphatic carbocycles. The third kappa shape index (κ3) is 3.72. The van der Waals surface area contributed by atoms with Gasteiger partial charge in [-0.1, -0.05) is 15.9 Å². The standard InChI is InChI=1S/C10H11BrN2O4/c11-6-1-5(2-7(12)3-6)9(15)13-8(4-14)10(16)17/h1-3,8,14H,4,12H2,(H,13,15)(H,16,17)/t8-/m1/s1. The van der Waals surface area contributed by atoms with Gasteiger partial charge in [-0.2, -0.15) is 0 Å². The van der Waals surface area contributed by atoms with Crippen molar-refractivity contribution in [3.05, 3.63) is 28.2 Å². The minimum Gasteiger partial charge on any atom is -0.480 e. The van der Waals surface area contributed by atoms with E-state index in [9.17, 15) is 9.59 Å². The van der Waals surface area contributed by atoms with E-state index in [4.69, 9.17) is 15.9 Å². The molecule has 0 unspecified atom stereocenters. The van der Waals surface area contributed by atoms with Gasteiger partial charge in [0.1, 0.15) is 0 Å². The van der Waals surface area contributed by atoms with Crippen molar-refractivity contribution in [2.45, 2.75) is 6.04 Å². The molecule has 0 fully saturated rings. The predicted molar refractivity (Wildman–Crippen MR) is 64.5 cm³/mol. The van der Waals surface area contributed by atoms with Crippen molar-refractivity contribution in [1.29, 1.82) is 0 Å². The lowest BCUT2D eigenvalue weighted by atomic mass is 10.2. The molecule has 0 aliphatic rings. The first-order chi connectivity index (χ1) is 7.93. The molecule has 0 aromatic heterocycles. The molecule has 0 spiro atoms. The van der Waals surface area contributed by atoms with Gasteiger partial charge >= 0.3 is 5.97 Å². The summed E-state index contributed by atoms with van der Waals surface area (Å²) in [5.41, 5.74) is 6.14. The van der Waals surface area contributed by atoms with Gasteiger partial charge in [-0.05, 0) is 18.2 Å². The number of hydrogen-bond acceptors (Lipinski definition) is 4. The van der Waals surface area contributed by atoms with E-state index in [0.29, 0.717) is 10.2 Å². The molecule has 92 valence electrons. The average Bonchev–Trinajstić information content (AvgIpc) is 2.23. The lowest BCUT2D eigenvalue weighted by molar-refractivity contribution is -0.140. The lowest BCUT2D eigenvalue weighted by Gasteiger charge is -2.12. The van der Waals surface area contributed by atoms with Crippen molar-refractivity contribution in [3.8, 4) is 0 Å². The molecule has 1 aromatic carbocycles. The maximum absolute atomic E-state index is 11.7. The molecule has 0 radical (unpaired) electrons. The molecular weight excluding hydrogens is 292 g/mol. The minimum absolute atomic E-state index is 0.219. The summed E-state index contributed by atoms with van der Waals surface area (Å²) in [6.45, 7) is -0.676. The van der Waals surface area contributed by atoms with Crippen LogP contribution in [0.15, 0.2) is 22.7 Å². The number of nitrogen functional groups attached to an aromatic ring is 1. The lowest BCUT2D eigenvalue weighted by Crippen LogP contribution is -2.43. The van der Waals surface area contributed by atoms with Crippen LogP contribution in [0.5, 0.6) is 0 Å². The van der Waals surface area contributed by atoms with Crippen LogP contribution in [0.3, 0.4) is 0 Å². The summed E-state index contributed by atoms with van der Waals surface area (Å²) < 4.78 is 0.610. The summed E-state index contributed by atoms with van der Waals surface area (Å²) in [4.78, 5) is 22.3. The van der Waals surface area contributed by atoms with Crippen LogP contribution in [0, 0.1) is 0 Å². The molecule has 17 heavy (non-hydrogen) atoms. The molecular formula is C10H11BrN2O4. The summed E-state index contributed by atoms with van der Waals surface area (Å²) in [6, 6.07) is 3.19. The number of benzene rings is 1. The first-order valence-corrected chi connectivity index (χ1v) is 5.44. The van der Waals surface area contributed by atoms with E-state index >= 15 is 0 Å². The van der Waals surface area contributed by atoms with Crippen LogP contribution in [0.1, 0.15) is 10.4 Å². The number of carboxylic acids is 1. The van der Waals surface area contributed by atoms with Crippen molar-refractivity contribution in [2.24, 2.45) is 0 Å². The Balaban J connectivity index is 2.86. The van der Waals surface area contributed by atoms with Gasteiger partial charge in [0.05, 0.1) is 6.61 Å². The number of hydrogen-bond donors (Lipinski definition) is 4. The maximum atomic E-state index is 11.7. The number of nitrogens with one attached hydrogen (secondary N) is 1. The minimum atomic E-state index is -1.33. The number of rotatable bonds is 4. The molecule has 1 rings (SSSR count). The zero-order chi connectivity index (χ0) is 13.0. The topological polar surface area (TPSA) is 113 Å². The second-order valence-corrected chi connectivity index (χ2v) is 4.24. The number of carbonyl (C=O) groups excluding carboxylic acids is 1. The Morgan fingerprint density at radius 3 is 2.53 bits per heavy atom. The smallest absolute Gasteiger partial charge is 0.328 e. The highest BCUT2D eigenvalue weighted by molar-refractivity contribution is 9.10. The van der Waals surface area contributed by atoms with Gasteiger partial charge in [-0.3, -0.25) is 4.79 Å². The number of carboxylic acid groups (broad SMARTS) is 1. The molecule has 5 N–H and O–H groups in total. The number of aliphatic carboxylic acids is 1. The Kier molecular flexibility index (Phi) is 4.47. The van der Waals surface area contributed by atoms with Crippen LogP contribution < -0.4 is 11.1 Å². The van der Waals surface area contributed by atoms with Gasteiger partial charge in [0.15, 0.2) is 6.04 Å². The maximum Gasteiger partial charge on any atom is 0.328 e. The number of nitrogens with two attached hydrogens (primary N) is 1. The summed E-state index contributed by atoms with van der Waals surface area (Å²) in [5.74, 6) is -1.91. The molecule has 1 amide bonds. The van der Waals surface area contributed by atoms with Gasteiger partial charge < -0.3 is 21.3 Å². The molecule has 0 bridgehead atoms. The molecule has 1 atom stereocenters. The molecule has 6 nitrogen and oxygen atoms in total. The fourth-order valence-corrected chi connectivity index (χ4v) is 1.68. The number of carbonyl (C=O) groups is 2. The molecule has 0 heterocycles. The highest BCUT2D eigenvalue weighted by atomic mass is 79.9. The second kappa shape index (κ2) is 5.65. The van der Waals surface area contributed by atoms with E-state index < -0.39 is 24.5 Å². The zero-order valence-electron chi connectivity index (χ0n) is 8.68. The van der Waals surface area contributed by atoms with Crippen molar-refractivity contribution >= 4 is 33.5 Å². The van der Waals surface area contributed by atoms with E-state index in [0.717, 1.165) is 0 Å². The van der Waals surface area contributed by atoms with E-state index in [1.54, 1.807) is 6.07 Å². The molecule has 7 heteroatoms. The molecule has 0 saturated carbocycles. The van der Waals surface area contributed by atoms with Gasteiger partial charge in [0.25, 0.3) is 5.91 Å². The fourth-order valence-electron chi connectivity index (χ4n) is 1.17. The van der Waals surface area contributed by atoms with E-state index in [1.807, 2.05) is 0 Å². The van der Waals surface area contributed by atoms with Crippen molar-refractivity contribution < 1.29 is 19.8 Å². The van der Waals surface area contributed by atoms with Crippen LogP contribution >= 0.6 is 15.9 Å². The van der Waals surface area contributed by atoms with E-state index in [-0.39, 0.29) is 5.56 Å². The normalized spacial score (nSPS) is 11.9. The second-order valence-electron chi connectivity index (χ2n) is 3.32. The third-order valence-electron chi connectivity index (χ3n) is 1.97. The first-order valence-electron chi connectivity index (χ1n) is 4.64. The molecule has 0 saturated heterocycles. The summed E-state index contributed by atoms with van der Waals surface area (Å²) in [5, 5.41) is 19.6. The number of halogens is 1. The van der Waals surface area contributed by atoms with Crippen molar-refractivity contribution in [2.75, 3.05) is 12.3 Å². The monoisotopic (exact) mass is 302 g/mol. The number of aliphatic hydroxyl groups is 1. The Labute approximate surface area is 106 Å². The van der Waals surface area contributed by atoms with Gasteiger partial charge in [0.2, 0.25) is 0 Å². The first kappa shape index (κ1) is 13.5. The van der Waals surface area contributed by atoms with Crippen LogP contribution in [-0.4, -0.2) is 34.7 Å². The summed E-state index contributed by atoms with van der Waals surface area (Å²) >= 11 is 3.17. The molecule has 0 aliphatic heterocycles. The number of anilines is 1. The number of amides is 1. The Morgan fingerprint density at radius 2 is 2.06 bits per heavy atom. The quantitative estimate of drug-likeness (QED) is 0.594. The van der Waals surface area contributed by atoms with Crippen LogP contribution in [0.25, 0.3) is 0 Å². The number of aliphatic hydroxyl groups excluding tert-OH is 1.